The van der Waals surface area contributed by atoms with E-state index in [0.29, 0.717) is 10.6 Å². The van der Waals surface area contributed by atoms with Crippen LogP contribution in [0.3, 0.4) is 0 Å². The van der Waals surface area contributed by atoms with E-state index in [4.69, 9.17) is 22.9 Å². The van der Waals surface area contributed by atoms with Gasteiger partial charge in [-0.3, -0.25) is 4.79 Å². The first kappa shape index (κ1) is 10.4. The van der Waals surface area contributed by atoms with E-state index in [1.54, 1.807) is 6.07 Å². The van der Waals surface area contributed by atoms with Gasteiger partial charge in [-0.25, -0.2) is 0 Å². The lowest BCUT2D eigenvalue weighted by atomic mass is 10.1. The van der Waals surface area contributed by atoms with Crippen molar-refractivity contribution in [2.45, 2.75) is 0 Å². The molecule has 2 N–H and O–H groups in total. The monoisotopic (exact) mass is 210 g/mol. The number of nitrogens with zero attached hydrogens (tertiary/aromatic N) is 3. The Balaban J connectivity index is 2.95. The molecule has 0 aromatic heterocycles. The van der Waals surface area contributed by atoms with E-state index >= 15 is 0 Å². The number of carbonyl (C=O) groups is 1. The van der Waals surface area contributed by atoms with Gasteiger partial charge in [0.1, 0.15) is 0 Å². The third-order valence-corrected chi connectivity index (χ3v) is 1.83. The third-order valence-electron chi connectivity index (χ3n) is 1.59. The van der Waals surface area contributed by atoms with Crippen LogP contribution >= 0.6 is 11.6 Å². The maximum atomic E-state index is 11.3. The van der Waals surface area contributed by atoms with Crippen LogP contribution in [-0.2, 0) is 0 Å². The predicted octanol–water partition coefficient (Wildman–Crippen LogP) is 2.42. The number of hydrogen-bond donors (Lipinski definition) is 1. The number of nitrogen functional groups attached to an aromatic ring is 1. The second-order valence-electron chi connectivity index (χ2n) is 2.54. The molecule has 5 nitrogen and oxygen atoms in total. The molecule has 0 radical (unpaired) electrons. The molecule has 1 rings (SSSR count). The van der Waals surface area contributed by atoms with Gasteiger partial charge in [0.05, 0.1) is 6.54 Å². The highest BCUT2D eigenvalue weighted by Crippen LogP contribution is 2.18. The van der Waals surface area contributed by atoms with Crippen LogP contribution in [0.4, 0.5) is 5.69 Å². The zero-order valence-corrected chi connectivity index (χ0v) is 7.90. The summed E-state index contributed by atoms with van der Waals surface area (Å²) in [5.74, 6) is -0.322. The first-order chi connectivity index (χ1) is 6.65. The zero-order chi connectivity index (χ0) is 10.6. The van der Waals surface area contributed by atoms with Crippen molar-refractivity contribution in [1.29, 1.82) is 0 Å². The van der Waals surface area contributed by atoms with Crippen molar-refractivity contribution in [2.75, 3.05) is 12.3 Å². The molecule has 0 aliphatic heterocycles. The molecule has 6 heteroatoms. The lowest BCUT2D eigenvalue weighted by molar-refractivity contribution is 0.100. The predicted molar refractivity (Wildman–Crippen MR) is 54.2 cm³/mol. The summed E-state index contributed by atoms with van der Waals surface area (Å²) in [5.41, 5.74) is 14.2. The number of carbonyl (C=O) groups excluding carboxylic acids is 1. The van der Waals surface area contributed by atoms with Crippen molar-refractivity contribution >= 4 is 23.1 Å². The van der Waals surface area contributed by atoms with E-state index in [0.717, 1.165) is 0 Å². The molecule has 0 amide bonds. The molecule has 0 heterocycles. The van der Waals surface area contributed by atoms with Gasteiger partial charge >= 0.3 is 0 Å². The Kier molecular flexibility index (Phi) is 3.34. The minimum Gasteiger partial charge on any atom is -0.398 e. The smallest absolute Gasteiger partial charge is 0.170 e. The van der Waals surface area contributed by atoms with Gasteiger partial charge in [0.15, 0.2) is 5.78 Å². The zero-order valence-electron chi connectivity index (χ0n) is 7.14. The van der Waals surface area contributed by atoms with Crippen molar-refractivity contribution in [3.05, 3.63) is 39.2 Å². The molecule has 0 unspecified atom stereocenters. The van der Waals surface area contributed by atoms with Gasteiger partial charge in [0.2, 0.25) is 0 Å². The molecule has 0 fully saturated rings. The average molecular weight is 211 g/mol. The minimum absolute atomic E-state index is 0.234. The van der Waals surface area contributed by atoms with E-state index in [1.807, 2.05) is 0 Å². The summed E-state index contributed by atoms with van der Waals surface area (Å²) in [5, 5.41) is 3.62. The molecule has 0 bridgehead atoms. The fraction of sp³-hybridized carbons (Fsp3) is 0.125. The SMILES string of the molecule is [N-]=[N+]=NCC(=O)c1ccc(Cl)cc1N. The van der Waals surface area contributed by atoms with Crippen LogP contribution in [0.2, 0.25) is 5.02 Å². The first-order valence-corrected chi connectivity index (χ1v) is 4.12. The van der Waals surface area contributed by atoms with Gasteiger partial charge in [-0.2, -0.15) is 0 Å². The second kappa shape index (κ2) is 4.50. The van der Waals surface area contributed by atoms with Gasteiger partial charge in [-0.1, -0.05) is 16.7 Å². The number of ketones is 1. The van der Waals surface area contributed by atoms with Crippen LogP contribution in [-0.4, -0.2) is 12.3 Å². The summed E-state index contributed by atoms with van der Waals surface area (Å²) in [4.78, 5) is 13.8. The third kappa shape index (κ3) is 2.39. The molecule has 0 aliphatic carbocycles. The maximum Gasteiger partial charge on any atom is 0.170 e. The molecular weight excluding hydrogens is 204 g/mol. The number of halogens is 1. The highest BCUT2D eigenvalue weighted by Gasteiger charge is 2.08. The number of Topliss-reactive ketones (excluding diaryl/α,β-unsaturated/α-hetero) is 1. The van der Waals surface area contributed by atoms with Crippen LogP contribution in [0, 0.1) is 0 Å². The summed E-state index contributed by atoms with van der Waals surface area (Å²) in [6.07, 6.45) is 0. The maximum absolute atomic E-state index is 11.3. The molecule has 0 atom stereocenters. The fourth-order valence-electron chi connectivity index (χ4n) is 0.969. The van der Waals surface area contributed by atoms with Crippen LogP contribution in [0.25, 0.3) is 10.4 Å². The second-order valence-corrected chi connectivity index (χ2v) is 2.98. The molecule has 72 valence electrons. The number of azide groups is 1. The minimum atomic E-state index is -0.322. The topological polar surface area (TPSA) is 91.9 Å². The highest BCUT2D eigenvalue weighted by atomic mass is 35.5. The largest absolute Gasteiger partial charge is 0.398 e. The summed E-state index contributed by atoms with van der Waals surface area (Å²) in [7, 11) is 0. The van der Waals surface area contributed by atoms with Crippen molar-refractivity contribution in [3.63, 3.8) is 0 Å². The van der Waals surface area contributed by atoms with Gasteiger partial charge in [0, 0.05) is 21.2 Å². The standard InChI is InChI=1S/C8H7ClN4O/c9-5-1-2-6(7(10)3-5)8(14)4-12-13-11/h1-3H,4,10H2. The molecule has 0 aliphatic rings. The van der Waals surface area contributed by atoms with Gasteiger partial charge in [-0.15, -0.1) is 0 Å². The van der Waals surface area contributed by atoms with Crippen molar-refractivity contribution in [1.82, 2.24) is 0 Å². The molecule has 0 spiro atoms. The lowest BCUT2D eigenvalue weighted by Gasteiger charge is -2.02. The van der Waals surface area contributed by atoms with Gasteiger partial charge in [0.25, 0.3) is 0 Å². The number of hydrogen-bond acceptors (Lipinski definition) is 3. The van der Waals surface area contributed by atoms with E-state index in [-0.39, 0.29) is 18.0 Å². The van der Waals surface area contributed by atoms with Crippen LogP contribution in [0.5, 0.6) is 0 Å². The lowest BCUT2D eigenvalue weighted by Crippen LogP contribution is -2.06. The van der Waals surface area contributed by atoms with Crippen LogP contribution < -0.4 is 5.73 Å². The molecule has 1 aromatic rings. The average Bonchev–Trinajstić information content (AvgIpc) is 2.14. The highest BCUT2D eigenvalue weighted by molar-refractivity contribution is 6.31. The Morgan fingerprint density at radius 2 is 2.36 bits per heavy atom. The fourth-order valence-corrected chi connectivity index (χ4v) is 1.15. The molecule has 14 heavy (non-hydrogen) atoms. The Labute approximate surface area is 85.1 Å². The summed E-state index contributed by atoms with van der Waals surface area (Å²) in [6, 6.07) is 4.54. The molecular formula is C8H7ClN4O. The Morgan fingerprint density at radius 3 is 2.93 bits per heavy atom. The summed E-state index contributed by atoms with van der Waals surface area (Å²) in [6.45, 7) is -0.234. The van der Waals surface area contributed by atoms with Crippen molar-refractivity contribution in [2.24, 2.45) is 5.11 Å². The summed E-state index contributed by atoms with van der Waals surface area (Å²) >= 11 is 5.65. The van der Waals surface area contributed by atoms with Crippen molar-refractivity contribution < 1.29 is 4.79 Å². The molecule has 0 saturated carbocycles. The normalized spacial score (nSPS) is 9.21. The number of benzene rings is 1. The van der Waals surface area contributed by atoms with E-state index in [1.165, 1.54) is 12.1 Å². The van der Waals surface area contributed by atoms with Crippen LogP contribution in [0.1, 0.15) is 10.4 Å². The van der Waals surface area contributed by atoms with Crippen LogP contribution in [0.15, 0.2) is 23.3 Å². The van der Waals surface area contributed by atoms with E-state index < -0.39 is 0 Å². The van der Waals surface area contributed by atoms with Crippen molar-refractivity contribution in [3.8, 4) is 0 Å². The molecule has 0 saturated heterocycles. The van der Waals surface area contributed by atoms with E-state index in [9.17, 15) is 4.79 Å². The Morgan fingerprint density at radius 1 is 1.64 bits per heavy atom. The Hall–Kier alpha value is -1.71. The van der Waals surface area contributed by atoms with Gasteiger partial charge < -0.3 is 5.73 Å². The molecule has 1 aromatic carbocycles. The first-order valence-electron chi connectivity index (χ1n) is 3.74. The Bertz CT molecular complexity index is 412. The number of rotatable bonds is 3. The van der Waals surface area contributed by atoms with Gasteiger partial charge in [-0.05, 0) is 23.7 Å². The number of nitrogens with two attached hydrogens (primary N) is 1. The van der Waals surface area contributed by atoms with E-state index in [2.05, 4.69) is 10.0 Å². The summed E-state index contributed by atoms with van der Waals surface area (Å²) < 4.78 is 0. The quantitative estimate of drug-likeness (QED) is 0.273. The number of anilines is 1.